The average Bonchev–Trinajstić information content (AvgIpc) is 4.23. The number of ether oxygens (including phenoxy) is 5. The number of likely N-dealkylation sites (N-methyl/N-ethyl adjacent to an activating group) is 1. The molecule has 2 aliphatic heterocycles. The number of likely N-dealkylation sites (tertiary alicyclic amines) is 1. The van der Waals surface area contributed by atoms with Gasteiger partial charge in [-0.15, -0.1) is 11.3 Å². The van der Waals surface area contributed by atoms with E-state index in [9.17, 15) is 33.6 Å². The Morgan fingerprint density at radius 1 is 0.901 bits per heavy atom. The summed E-state index contributed by atoms with van der Waals surface area (Å²) in [6.07, 6.45) is 7.93. The van der Waals surface area contributed by atoms with E-state index in [1.807, 2.05) is 56.5 Å². The van der Waals surface area contributed by atoms with E-state index in [0.29, 0.717) is 38.6 Å². The number of nitrogens with one attached hydrogen (secondary N) is 3. The Hall–Kier alpha value is -5.12. The summed E-state index contributed by atoms with van der Waals surface area (Å²) in [6, 6.07) is 8.72. The smallest absolute Gasteiger partial charge is 0.253 e. The Morgan fingerprint density at radius 2 is 1.56 bits per heavy atom. The number of hydrogen-bond donors (Lipinski definition) is 3. The second-order valence-corrected chi connectivity index (χ2v) is 19.5. The molecule has 3 aliphatic rings. The first-order valence-corrected chi connectivity index (χ1v) is 25.8. The third kappa shape index (κ3) is 16.2. The fourth-order valence-electron chi connectivity index (χ4n) is 9.77. The molecule has 392 valence electrons. The van der Waals surface area contributed by atoms with Crippen molar-refractivity contribution in [3.05, 3.63) is 64.6 Å². The van der Waals surface area contributed by atoms with Gasteiger partial charge in [0.2, 0.25) is 29.5 Å². The number of carbonyl (C=O) groups excluding carboxylic acids is 7. The van der Waals surface area contributed by atoms with Crippen LogP contribution in [0.2, 0.25) is 0 Å². The third-order valence-corrected chi connectivity index (χ3v) is 14.8. The normalized spacial score (nSPS) is 19.0. The largest absolute Gasteiger partial charge is 0.379 e. The summed E-state index contributed by atoms with van der Waals surface area (Å²) in [7, 11) is 4.76. The van der Waals surface area contributed by atoms with Crippen molar-refractivity contribution in [3.8, 4) is 0 Å². The van der Waals surface area contributed by atoms with Crippen LogP contribution in [0.3, 0.4) is 0 Å². The Labute approximate surface area is 422 Å². The molecule has 0 radical (unpaired) electrons. The monoisotopic (exact) mass is 1010 g/mol. The summed E-state index contributed by atoms with van der Waals surface area (Å²) in [5, 5.41) is 11.6. The van der Waals surface area contributed by atoms with Crippen molar-refractivity contribution in [2.45, 2.75) is 121 Å². The maximum atomic E-state index is 14.3. The molecule has 5 rings (SSSR count). The van der Waals surface area contributed by atoms with Crippen LogP contribution in [0, 0.1) is 11.8 Å². The van der Waals surface area contributed by atoms with Crippen LogP contribution in [0.1, 0.15) is 95.2 Å². The molecular weight excluding hydrogens is 935 g/mol. The molecule has 1 aromatic heterocycles. The van der Waals surface area contributed by atoms with Gasteiger partial charge < -0.3 is 49.4 Å². The molecule has 2 aromatic rings. The Kier molecular flexibility index (Phi) is 23.0. The number of thiazole rings is 1. The van der Waals surface area contributed by atoms with Crippen LogP contribution in [0.4, 0.5) is 0 Å². The fraction of sp³-hybridized carbons (Fsp3) is 0.647. The molecule has 7 unspecified atom stereocenters. The van der Waals surface area contributed by atoms with Crippen molar-refractivity contribution in [1.29, 1.82) is 0 Å². The number of rotatable bonds is 31. The van der Waals surface area contributed by atoms with E-state index in [2.05, 4.69) is 20.9 Å². The van der Waals surface area contributed by atoms with Crippen LogP contribution in [0.5, 0.6) is 0 Å². The zero-order valence-corrected chi connectivity index (χ0v) is 43.1. The van der Waals surface area contributed by atoms with Crippen LogP contribution in [0.25, 0.3) is 0 Å². The predicted molar refractivity (Wildman–Crippen MR) is 265 cm³/mol. The number of benzene rings is 1. The first kappa shape index (κ1) is 56.8. The lowest BCUT2D eigenvalue weighted by atomic mass is 9.90. The molecule has 3 heterocycles. The van der Waals surface area contributed by atoms with Gasteiger partial charge in [-0.05, 0) is 43.6 Å². The number of imide groups is 1. The molecule has 71 heavy (non-hydrogen) atoms. The van der Waals surface area contributed by atoms with E-state index in [1.165, 1.54) is 30.6 Å². The molecule has 0 spiro atoms. The SMILES string of the molecule is CCC(C)C(C(CC(=O)N1CCCC1C(OC)C(C)C(=O)NC(Cc1ccccc1)c1nccs1)OC)N(C)C(=O)CNC(=O)C1(NC(=O)CCOCCOCCOCCN2C(=O)C=CC2=O)CCCC1. The van der Waals surface area contributed by atoms with E-state index in [0.717, 1.165) is 34.7 Å². The zero-order valence-electron chi connectivity index (χ0n) is 42.3. The van der Waals surface area contributed by atoms with Crippen LogP contribution in [-0.2, 0) is 63.7 Å². The van der Waals surface area contributed by atoms with Crippen molar-refractivity contribution < 1.29 is 57.2 Å². The molecule has 7 amide bonds. The lowest BCUT2D eigenvalue weighted by molar-refractivity contribution is -0.146. The highest BCUT2D eigenvalue weighted by Crippen LogP contribution is 2.32. The molecule has 3 N–H and O–H groups in total. The molecule has 7 atom stereocenters. The second kappa shape index (κ2) is 28.8. The first-order chi connectivity index (χ1) is 34.2. The predicted octanol–water partition coefficient (Wildman–Crippen LogP) is 3.37. The van der Waals surface area contributed by atoms with Gasteiger partial charge in [0.05, 0.1) is 95.4 Å². The van der Waals surface area contributed by atoms with Crippen molar-refractivity contribution in [3.63, 3.8) is 0 Å². The van der Waals surface area contributed by atoms with Crippen molar-refractivity contribution in [2.75, 3.05) is 80.5 Å². The molecular formula is C51H75N7O12S. The highest BCUT2D eigenvalue weighted by Gasteiger charge is 2.44. The Morgan fingerprint density at radius 3 is 2.18 bits per heavy atom. The van der Waals surface area contributed by atoms with Crippen LogP contribution in [0.15, 0.2) is 54.1 Å². The van der Waals surface area contributed by atoms with E-state index in [1.54, 1.807) is 30.2 Å². The third-order valence-electron chi connectivity index (χ3n) is 13.9. The molecule has 1 saturated heterocycles. The van der Waals surface area contributed by atoms with Gasteiger partial charge in [-0.25, -0.2) is 4.98 Å². The number of aromatic nitrogens is 1. The molecule has 1 saturated carbocycles. The maximum Gasteiger partial charge on any atom is 0.253 e. The Balaban J connectivity index is 1.08. The minimum atomic E-state index is -1.15. The van der Waals surface area contributed by atoms with Gasteiger partial charge in [0.15, 0.2) is 0 Å². The maximum absolute atomic E-state index is 14.3. The van der Waals surface area contributed by atoms with Crippen LogP contribution >= 0.6 is 11.3 Å². The molecule has 2 fully saturated rings. The highest BCUT2D eigenvalue weighted by molar-refractivity contribution is 7.09. The lowest BCUT2D eigenvalue weighted by Gasteiger charge is -2.39. The lowest BCUT2D eigenvalue weighted by Crippen LogP contribution is -2.59. The topological polar surface area (TPSA) is 224 Å². The number of methoxy groups -OCH3 is 2. The Bertz CT molecular complexity index is 2050. The van der Waals surface area contributed by atoms with Gasteiger partial charge in [0.25, 0.3) is 11.8 Å². The van der Waals surface area contributed by atoms with Gasteiger partial charge >= 0.3 is 0 Å². The highest BCUT2D eigenvalue weighted by atomic mass is 32.1. The molecule has 19 nitrogen and oxygen atoms in total. The van der Waals surface area contributed by atoms with Gasteiger partial charge in [-0.2, -0.15) is 0 Å². The minimum absolute atomic E-state index is 0.0137. The summed E-state index contributed by atoms with van der Waals surface area (Å²) < 4.78 is 28.5. The fourth-order valence-corrected chi connectivity index (χ4v) is 10.5. The van der Waals surface area contributed by atoms with Crippen molar-refractivity contribution >= 4 is 52.7 Å². The number of amides is 7. The van der Waals surface area contributed by atoms with Crippen molar-refractivity contribution in [2.24, 2.45) is 11.8 Å². The molecule has 20 heteroatoms. The van der Waals surface area contributed by atoms with Crippen molar-refractivity contribution in [1.82, 2.24) is 35.6 Å². The quantitative estimate of drug-likeness (QED) is 0.0729. The van der Waals surface area contributed by atoms with E-state index in [4.69, 9.17) is 23.7 Å². The number of nitrogens with zero attached hydrogens (tertiary/aromatic N) is 4. The second-order valence-electron chi connectivity index (χ2n) is 18.5. The van der Waals surface area contributed by atoms with Gasteiger partial charge in [-0.1, -0.05) is 70.4 Å². The molecule has 0 bridgehead atoms. The molecule has 1 aromatic carbocycles. The average molecular weight is 1010 g/mol. The van der Waals surface area contributed by atoms with Crippen LogP contribution in [-0.4, -0.2) is 171 Å². The summed E-state index contributed by atoms with van der Waals surface area (Å²) in [5.74, 6) is -2.88. The van der Waals surface area contributed by atoms with Crippen LogP contribution < -0.4 is 16.0 Å². The number of carbonyl (C=O) groups is 7. The first-order valence-electron chi connectivity index (χ1n) is 24.9. The van der Waals surface area contributed by atoms with Gasteiger partial charge in [0, 0.05) is 58.0 Å². The summed E-state index contributed by atoms with van der Waals surface area (Å²) >= 11 is 1.49. The number of hydrogen-bond acceptors (Lipinski definition) is 14. The van der Waals surface area contributed by atoms with Gasteiger partial charge in [0.1, 0.15) is 10.5 Å². The minimum Gasteiger partial charge on any atom is -0.379 e. The summed E-state index contributed by atoms with van der Waals surface area (Å²) in [5.41, 5.74) is -0.0846. The standard InChI is InChI=1S/C51H75N7O12S/c1-7-35(2)46(40(66-5)33-44(62)57-23-13-16-39(57)47(67-6)36(3)48(64)54-38(49-52-22-31-71-49)32-37-14-9-8-10-15-37)56(4)45(63)34-53-50(65)51(20-11-12-21-51)55-41(59)19-25-68-27-29-70-30-28-69-26-24-58-42(60)17-18-43(58)61/h8-10,14-15,17-18,22,31,35-36,38-40,46-47H,7,11-13,16,19-21,23-30,32-34H2,1-6H3,(H,53,65)(H,54,64)(H,55,59). The van der Waals surface area contributed by atoms with E-state index >= 15 is 0 Å². The van der Waals surface area contributed by atoms with E-state index in [-0.39, 0.29) is 119 Å². The zero-order chi connectivity index (χ0) is 51.3. The van der Waals surface area contributed by atoms with Gasteiger partial charge in [-0.3, -0.25) is 38.5 Å². The summed E-state index contributed by atoms with van der Waals surface area (Å²) in [4.78, 5) is 101. The van der Waals surface area contributed by atoms with E-state index < -0.39 is 35.6 Å². The molecule has 1 aliphatic carbocycles. The summed E-state index contributed by atoms with van der Waals surface area (Å²) in [6.45, 7) is 7.58.